The van der Waals surface area contributed by atoms with Crippen molar-refractivity contribution in [3.8, 4) is 6.07 Å². The van der Waals surface area contributed by atoms with Crippen LogP contribution in [0, 0.1) is 11.3 Å². The summed E-state index contributed by atoms with van der Waals surface area (Å²) in [5.41, 5.74) is 0.706. The van der Waals surface area contributed by atoms with E-state index in [4.69, 9.17) is 16.9 Å². The largest absolute Gasteiger partial charge is 0.280 e. The second-order valence-corrected chi connectivity index (χ2v) is 6.89. The van der Waals surface area contributed by atoms with Gasteiger partial charge in [-0.05, 0) is 53.9 Å². The number of rotatable bonds is 3. The fourth-order valence-corrected chi connectivity index (χ4v) is 3.33. The predicted octanol–water partition coefficient (Wildman–Crippen LogP) is 3.56. The first-order valence-corrected chi connectivity index (χ1v) is 8.43. The van der Waals surface area contributed by atoms with E-state index >= 15 is 0 Å². The summed E-state index contributed by atoms with van der Waals surface area (Å²) in [5, 5.41) is 10.9. The van der Waals surface area contributed by atoms with E-state index in [0.29, 0.717) is 21.8 Å². The minimum atomic E-state index is -3.70. The molecule has 0 radical (unpaired) electrons. The minimum Gasteiger partial charge on any atom is -0.280 e. The molecular formula is C16H10ClN3O2S. The van der Waals surface area contributed by atoms with Crippen LogP contribution in [0.25, 0.3) is 10.8 Å². The molecule has 0 unspecified atom stereocenters. The van der Waals surface area contributed by atoms with Crippen LogP contribution < -0.4 is 4.72 Å². The van der Waals surface area contributed by atoms with Gasteiger partial charge in [0.25, 0.3) is 10.0 Å². The average molecular weight is 344 g/mol. The molecule has 1 aromatic heterocycles. The maximum absolute atomic E-state index is 12.4. The lowest BCUT2D eigenvalue weighted by molar-refractivity contribution is 0.601. The molecule has 0 bridgehead atoms. The van der Waals surface area contributed by atoms with Crippen LogP contribution >= 0.6 is 11.6 Å². The van der Waals surface area contributed by atoms with Gasteiger partial charge < -0.3 is 0 Å². The van der Waals surface area contributed by atoms with Crippen molar-refractivity contribution in [3.63, 3.8) is 0 Å². The molecule has 3 aromatic rings. The smallest absolute Gasteiger partial charge is 0.261 e. The van der Waals surface area contributed by atoms with Crippen LogP contribution in [0.3, 0.4) is 0 Å². The van der Waals surface area contributed by atoms with Crippen molar-refractivity contribution in [2.45, 2.75) is 4.90 Å². The lowest BCUT2D eigenvalue weighted by Gasteiger charge is -2.09. The van der Waals surface area contributed by atoms with E-state index in [1.165, 1.54) is 30.5 Å². The molecule has 23 heavy (non-hydrogen) atoms. The normalized spacial score (nSPS) is 11.1. The Morgan fingerprint density at radius 2 is 1.83 bits per heavy atom. The second kappa shape index (κ2) is 5.88. The van der Waals surface area contributed by atoms with Gasteiger partial charge in [-0.25, -0.2) is 13.4 Å². The van der Waals surface area contributed by atoms with Crippen LogP contribution in [0.4, 0.5) is 5.69 Å². The zero-order chi connectivity index (χ0) is 16.4. The summed E-state index contributed by atoms with van der Waals surface area (Å²) in [7, 11) is -3.70. The molecule has 0 fully saturated rings. The van der Waals surface area contributed by atoms with Gasteiger partial charge in [-0.15, -0.1) is 0 Å². The maximum atomic E-state index is 12.4. The van der Waals surface area contributed by atoms with Crippen molar-refractivity contribution in [2.75, 3.05) is 4.72 Å². The molecule has 0 aliphatic carbocycles. The Bertz CT molecular complexity index is 1030. The van der Waals surface area contributed by atoms with E-state index in [0.717, 1.165) is 5.39 Å². The number of nitrogens with zero attached hydrogens (tertiary/aromatic N) is 2. The van der Waals surface area contributed by atoms with Gasteiger partial charge in [0, 0.05) is 22.3 Å². The first kappa shape index (κ1) is 15.3. The van der Waals surface area contributed by atoms with E-state index < -0.39 is 10.0 Å². The summed E-state index contributed by atoms with van der Waals surface area (Å²) >= 11 is 5.77. The summed E-state index contributed by atoms with van der Waals surface area (Å²) in [6.07, 6.45) is 1.51. The standard InChI is InChI=1S/C16H10ClN3O2S/c17-12-1-4-14(5-2-12)23(21,22)20-13-3-6-15-11(9-13)7-8-19-16(15)10-18/h1-9,20H. The van der Waals surface area contributed by atoms with Crippen LogP contribution in [0.15, 0.2) is 59.6 Å². The Balaban J connectivity index is 1.98. The third-order valence-electron chi connectivity index (χ3n) is 3.25. The zero-order valence-electron chi connectivity index (χ0n) is 11.7. The molecule has 0 aliphatic heterocycles. The molecule has 7 heteroatoms. The number of aromatic nitrogens is 1. The Morgan fingerprint density at radius 3 is 2.52 bits per heavy atom. The quantitative estimate of drug-likeness (QED) is 0.788. The van der Waals surface area contributed by atoms with Gasteiger partial charge in [-0.2, -0.15) is 5.26 Å². The van der Waals surface area contributed by atoms with Gasteiger partial charge >= 0.3 is 0 Å². The molecule has 3 rings (SSSR count). The summed E-state index contributed by atoms with van der Waals surface area (Å²) < 4.78 is 27.2. The van der Waals surface area contributed by atoms with Gasteiger partial charge in [0.15, 0.2) is 0 Å². The Kier molecular flexibility index (Phi) is 3.90. The molecule has 0 saturated heterocycles. The van der Waals surface area contributed by atoms with E-state index in [9.17, 15) is 8.42 Å². The van der Waals surface area contributed by atoms with Crippen LogP contribution in [0.2, 0.25) is 5.02 Å². The molecule has 0 aliphatic rings. The van der Waals surface area contributed by atoms with Gasteiger partial charge in [0.1, 0.15) is 11.8 Å². The van der Waals surface area contributed by atoms with Crippen molar-refractivity contribution in [3.05, 3.63) is 65.4 Å². The highest BCUT2D eigenvalue weighted by atomic mass is 35.5. The van der Waals surface area contributed by atoms with Crippen LogP contribution in [-0.4, -0.2) is 13.4 Å². The molecule has 0 spiro atoms. The molecule has 0 saturated carbocycles. The number of fused-ring (bicyclic) bond motifs is 1. The summed E-state index contributed by atoms with van der Waals surface area (Å²) in [5.74, 6) is 0. The van der Waals surface area contributed by atoms with Gasteiger partial charge in [0.05, 0.1) is 4.90 Å². The van der Waals surface area contributed by atoms with Crippen molar-refractivity contribution < 1.29 is 8.42 Å². The number of sulfonamides is 1. The van der Waals surface area contributed by atoms with Gasteiger partial charge in [0.2, 0.25) is 0 Å². The second-order valence-electron chi connectivity index (χ2n) is 4.77. The van der Waals surface area contributed by atoms with E-state index in [2.05, 4.69) is 9.71 Å². The van der Waals surface area contributed by atoms with Gasteiger partial charge in [-0.1, -0.05) is 11.6 Å². The number of hydrogen-bond acceptors (Lipinski definition) is 4. The van der Waals surface area contributed by atoms with E-state index in [1.54, 1.807) is 24.3 Å². The highest BCUT2D eigenvalue weighted by Gasteiger charge is 2.14. The Hall–Kier alpha value is -2.62. The summed E-state index contributed by atoms with van der Waals surface area (Å²) in [6, 6.07) is 14.5. The Morgan fingerprint density at radius 1 is 1.09 bits per heavy atom. The molecule has 0 amide bonds. The molecule has 5 nitrogen and oxygen atoms in total. The third kappa shape index (κ3) is 3.11. The van der Waals surface area contributed by atoms with Crippen molar-refractivity contribution in [1.29, 1.82) is 5.26 Å². The fourth-order valence-electron chi connectivity index (χ4n) is 2.16. The predicted molar refractivity (Wildman–Crippen MR) is 88.7 cm³/mol. The monoisotopic (exact) mass is 343 g/mol. The van der Waals surface area contributed by atoms with Crippen molar-refractivity contribution >= 4 is 38.1 Å². The SMILES string of the molecule is N#Cc1nccc2cc(NS(=O)(=O)c3ccc(Cl)cc3)ccc12. The third-order valence-corrected chi connectivity index (χ3v) is 4.90. The lowest BCUT2D eigenvalue weighted by Crippen LogP contribution is -2.12. The topological polar surface area (TPSA) is 82.8 Å². The number of pyridine rings is 1. The number of nitriles is 1. The Labute approximate surface area is 138 Å². The molecule has 1 heterocycles. The highest BCUT2D eigenvalue weighted by Crippen LogP contribution is 2.23. The molecule has 0 atom stereocenters. The number of benzene rings is 2. The van der Waals surface area contributed by atoms with Crippen LogP contribution in [-0.2, 0) is 10.0 Å². The first-order chi connectivity index (χ1) is 11.0. The van der Waals surface area contributed by atoms with E-state index in [-0.39, 0.29) is 4.90 Å². The minimum absolute atomic E-state index is 0.120. The summed E-state index contributed by atoms with van der Waals surface area (Å²) in [6.45, 7) is 0. The van der Waals surface area contributed by atoms with Gasteiger partial charge in [-0.3, -0.25) is 4.72 Å². The van der Waals surface area contributed by atoms with Crippen molar-refractivity contribution in [1.82, 2.24) is 4.98 Å². The average Bonchev–Trinajstić information content (AvgIpc) is 2.54. The van der Waals surface area contributed by atoms with E-state index in [1.807, 2.05) is 6.07 Å². The van der Waals surface area contributed by atoms with Crippen LogP contribution in [0.1, 0.15) is 5.69 Å². The van der Waals surface area contributed by atoms with Crippen molar-refractivity contribution in [2.24, 2.45) is 0 Å². The fraction of sp³-hybridized carbons (Fsp3) is 0. The summed E-state index contributed by atoms with van der Waals surface area (Å²) in [4.78, 5) is 4.09. The molecule has 114 valence electrons. The number of anilines is 1. The maximum Gasteiger partial charge on any atom is 0.261 e. The number of halogens is 1. The lowest BCUT2D eigenvalue weighted by atomic mass is 10.1. The molecular weight excluding hydrogens is 334 g/mol. The molecule has 1 N–H and O–H groups in total. The number of nitrogens with one attached hydrogen (secondary N) is 1. The zero-order valence-corrected chi connectivity index (χ0v) is 13.3. The number of hydrogen-bond donors (Lipinski definition) is 1. The molecule has 2 aromatic carbocycles. The van der Waals surface area contributed by atoms with Crippen LogP contribution in [0.5, 0.6) is 0 Å². The first-order valence-electron chi connectivity index (χ1n) is 6.57. The highest BCUT2D eigenvalue weighted by molar-refractivity contribution is 7.92.